The Morgan fingerprint density at radius 3 is 1.46 bits per heavy atom. The van der Waals surface area contributed by atoms with Crippen molar-refractivity contribution in [2.75, 3.05) is 26.3 Å². The van der Waals surface area contributed by atoms with Gasteiger partial charge in [-0.05, 0) is 25.0 Å². The summed E-state index contributed by atoms with van der Waals surface area (Å²) in [6.45, 7) is 9.84. The number of hydrogen-bond acceptors (Lipinski definition) is 4. The number of ether oxygens (including phenoxy) is 2. The van der Waals surface area contributed by atoms with E-state index in [0.717, 1.165) is 39.4 Å². The fourth-order valence-corrected chi connectivity index (χ4v) is 4.19. The third-order valence-electron chi connectivity index (χ3n) is 6.05. The quantitative estimate of drug-likeness (QED) is 0.792. The fraction of sp³-hybridized carbons (Fsp3) is 0.500. The van der Waals surface area contributed by atoms with Gasteiger partial charge < -0.3 is 9.47 Å². The molecule has 2 aliphatic heterocycles. The predicted octanol–water partition coefficient (Wildman–Crippen LogP) is 3.57. The van der Waals surface area contributed by atoms with Crippen molar-refractivity contribution in [3.05, 3.63) is 71.8 Å². The average Bonchev–Trinajstić information content (AvgIpc) is 2.73. The largest absolute Gasteiger partial charge is 0.373 e. The van der Waals surface area contributed by atoms with E-state index in [2.05, 4.69) is 84.3 Å². The van der Waals surface area contributed by atoms with Crippen molar-refractivity contribution in [3.63, 3.8) is 0 Å². The van der Waals surface area contributed by atoms with E-state index in [1.54, 1.807) is 0 Å². The Morgan fingerprint density at radius 2 is 1.07 bits per heavy atom. The van der Waals surface area contributed by atoms with Crippen LogP contribution in [0.5, 0.6) is 0 Å². The van der Waals surface area contributed by atoms with Crippen LogP contribution in [0, 0.1) is 0 Å². The molecule has 2 aromatic carbocycles. The van der Waals surface area contributed by atoms with Crippen LogP contribution in [-0.2, 0) is 22.6 Å². The van der Waals surface area contributed by atoms with Crippen LogP contribution in [0.4, 0.5) is 0 Å². The molecule has 0 radical (unpaired) electrons. The second-order valence-electron chi connectivity index (χ2n) is 8.27. The number of hydrogen-bond donors (Lipinski definition) is 0. The summed E-state index contributed by atoms with van der Waals surface area (Å²) < 4.78 is 12.5. The Morgan fingerprint density at radius 1 is 0.679 bits per heavy atom. The molecule has 4 heteroatoms. The Bertz CT molecular complexity index is 660. The molecule has 4 nitrogen and oxygen atoms in total. The molecule has 0 saturated carbocycles. The highest BCUT2D eigenvalue weighted by Gasteiger charge is 2.36. The summed E-state index contributed by atoms with van der Waals surface area (Å²) in [6.07, 6.45) is 0.261. The summed E-state index contributed by atoms with van der Waals surface area (Å²) in [6, 6.07) is 22.3. The Labute approximate surface area is 169 Å². The highest BCUT2D eigenvalue weighted by atomic mass is 16.5. The summed E-state index contributed by atoms with van der Waals surface area (Å²) >= 11 is 0. The lowest BCUT2D eigenvalue weighted by Crippen LogP contribution is -2.58. The molecule has 0 spiro atoms. The molecule has 2 saturated heterocycles. The van der Waals surface area contributed by atoms with Gasteiger partial charge in [0.15, 0.2) is 0 Å². The van der Waals surface area contributed by atoms with E-state index >= 15 is 0 Å². The van der Waals surface area contributed by atoms with Crippen molar-refractivity contribution in [1.82, 2.24) is 9.80 Å². The van der Waals surface area contributed by atoms with Crippen LogP contribution < -0.4 is 0 Å². The van der Waals surface area contributed by atoms with Gasteiger partial charge >= 0.3 is 0 Å². The van der Waals surface area contributed by atoms with Crippen molar-refractivity contribution in [3.8, 4) is 0 Å². The summed E-state index contributed by atoms with van der Waals surface area (Å²) in [5.74, 6) is 0. The van der Waals surface area contributed by atoms with E-state index in [9.17, 15) is 0 Å². The molecule has 28 heavy (non-hydrogen) atoms. The van der Waals surface area contributed by atoms with E-state index in [0.29, 0.717) is 12.1 Å². The summed E-state index contributed by atoms with van der Waals surface area (Å²) in [4.78, 5) is 5.07. The first-order valence-corrected chi connectivity index (χ1v) is 10.5. The third kappa shape index (κ3) is 4.81. The lowest BCUT2D eigenvalue weighted by atomic mass is 10.0. The molecular formula is C24H32N2O2. The Kier molecular flexibility index (Phi) is 6.43. The molecule has 0 bridgehead atoms. The molecule has 0 unspecified atom stereocenters. The fourth-order valence-electron chi connectivity index (χ4n) is 4.19. The van der Waals surface area contributed by atoms with Gasteiger partial charge in [0, 0.05) is 38.3 Å². The first-order valence-electron chi connectivity index (χ1n) is 10.5. The van der Waals surface area contributed by atoms with Crippen LogP contribution in [-0.4, -0.2) is 60.4 Å². The molecule has 2 aliphatic rings. The van der Waals surface area contributed by atoms with Gasteiger partial charge in [-0.1, -0.05) is 60.7 Å². The number of morpholine rings is 2. The first-order chi connectivity index (χ1) is 13.7. The zero-order chi connectivity index (χ0) is 19.3. The zero-order valence-corrected chi connectivity index (χ0v) is 17.0. The first kappa shape index (κ1) is 19.6. The Balaban J connectivity index is 1.38. The third-order valence-corrected chi connectivity index (χ3v) is 6.05. The second-order valence-corrected chi connectivity index (χ2v) is 8.27. The van der Waals surface area contributed by atoms with Crippen molar-refractivity contribution in [2.24, 2.45) is 0 Å². The van der Waals surface area contributed by atoms with Crippen LogP contribution in [0.2, 0.25) is 0 Å². The predicted molar refractivity (Wildman–Crippen MR) is 112 cm³/mol. The van der Waals surface area contributed by atoms with E-state index < -0.39 is 0 Å². The lowest BCUT2D eigenvalue weighted by Gasteiger charge is -2.45. The summed E-state index contributed by atoms with van der Waals surface area (Å²) in [5, 5.41) is 0. The van der Waals surface area contributed by atoms with Crippen molar-refractivity contribution in [2.45, 2.75) is 51.2 Å². The van der Waals surface area contributed by atoms with Crippen LogP contribution >= 0.6 is 0 Å². The van der Waals surface area contributed by atoms with E-state index in [1.807, 2.05) is 0 Å². The number of benzene rings is 2. The van der Waals surface area contributed by atoms with Gasteiger partial charge in [0.05, 0.1) is 25.4 Å². The molecular weight excluding hydrogens is 348 g/mol. The van der Waals surface area contributed by atoms with E-state index in [-0.39, 0.29) is 12.2 Å². The maximum atomic E-state index is 6.24. The van der Waals surface area contributed by atoms with E-state index in [4.69, 9.17) is 9.47 Å². The molecule has 2 aromatic rings. The van der Waals surface area contributed by atoms with E-state index in [1.165, 1.54) is 11.1 Å². The minimum atomic E-state index is 0.130. The van der Waals surface area contributed by atoms with Crippen molar-refractivity contribution >= 4 is 0 Å². The van der Waals surface area contributed by atoms with Crippen LogP contribution in [0.1, 0.15) is 25.0 Å². The summed E-state index contributed by atoms with van der Waals surface area (Å²) in [5.41, 5.74) is 2.72. The van der Waals surface area contributed by atoms with Gasteiger partial charge in [0.2, 0.25) is 0 Å². The standard InChI is InChI=1S/C24H32N2O2/c1-19-17-27-23(15-25(19)13-21-9-5-3-6-10-21)24-16-26(20(2)18-28-24)14-22-11-7-4-8-12-22/h3-12,19-20,23-24H,13-18H2,1-2H3/t19-,20-,23-,24-/m0/s1. The van der Waals surface area contributed by atoms with Crippen LogP contribution in [0.15, 0.2) is 60.7 Å². The molecule has 0 aromatic heterocycles. The zero-order valence-electron chi connectivity index (χ0n) is 17.0. The summed E-state index contributed by atoms with van der Waals surface area (Å²) in [7, 11) is 0. The van der Waals surface area contributed by atoms with Crippen molar-refractivity contribution < 1.29 is 9.47 Å². The molecule has 2 fully saturated rings. The Hall–Kier alpha value is -1.72. The molecule has 0 N–H and O–H groups in total. The lowest BCUT2D eigenvalue weighted by molar-refractivity contribution is -0.162. The molecule has 2 heterocycles. The SMILES string of the molecule is C[C@H]1CO[C@H]([C@@H]2CN(Cc3ccccc3)[C@@H](C)CO2)CN1Cc1ccccc1. The highest BCUT2D eigenvalue weighted by Crippen LogP contribution is 2.23. The van der Waals surface area contributed by atoms with Gasteiger partial charge in [-0.15, -0.1) is 0 Å². The maximum Gasteiger partial charge on any atom is 0.0976 e. The monoisotopic (exact) mass is 380 g/mol. The number of nitrogens with zero attached hydrogens (tertiary/aromatic N) is 2. The smallest absolute Gasteiger partial charge is 0.0976 e. The maximum absolute atomic E-state index is 6.24. The molecule has 4 rings (SSSR count). The second kappa shape index (κ2) is 9.19. The van der Waals surface area contributed by atoms with Gasteiger partial charge in [-0.3, -0.25) is 9.80 Å². The van der Waals surface area contributed by atoms with Crippen LogP contribution in [0.3, 0.4) is 0 Å². The van der Waals surface area contributed by atoms with Gasteiger partial charge in [0.25, 0.3) is 0 Å². The molecule has 0 aliphatic carbocycles. The van der Waals surface area contributed by atoms with Gasteiger partial charge in [0.1, 0.15) is 0 Å². The van der Waals surface area contributed by atoms with Crippen LogP contribution in [0.25, 0.3) is 0 Å². The minimum Gasteiger partial charge on any atom is -0.373 e. The molecule has 0 amide bonds. The molecule has 150 valence electrons. The van der Waals surface area contributed by atoms with Crippen molar-refractivity contribution in [1.29, 1.82) is 0 Å². The van der Waals surface area contributed by atoms with Gasteiger partial charge in [-0.25, -0.2) is 0 Å². The van der Waals surface area contributed by atoms with Gasteiger partial charge in [-0.2, -0.15) is 0 Å². The average molecular weight is 381 g/mol. The molecule has 4 atom stereocenters. The number of rotatable bonds is 5. The normalized spacial score (nSPS) is 29.6. The highest BCUT2D eigenvalue weighted by molar-refractivity contribution is 5.15. The minimum absolute atomic E-state index is 0.130. The topological polar surface area (TPSA) is 24.9 Å².